The molecule has 3 aromatic rings. The molecule has 0 spiro atoms. The molecule has 3 heterocycles. The first-order chi connectivity index (χ1) is 16.9. The van der Waals surface area contributed by atoms with Crippen LogP contribution >= 0.6 is 0 Å². The quantitative estimate of drug-likeness (QED) is 0.567. The molecule has 0 aliphatic carbocycles. The van der Waals surface area contributed by atoms with Crippen LogP contribution < -0.4 is 41.0 Å². The van der Waals surface area contributed by atoms with Crippen LogP contribution in [0, 0.1) is 6.92 Å². The predicted molar refractivity (Wildman–Crippen MR) is 129 cm³/mol. The molecule has 2 aliphatic rings. The van der Waals surface area contributed by atoms with Crippen molar-refractivity contribution in [1.29, 1.82) is 0 Å². The van der Waals surface area contributed by atoms with Crippen LogP contribution in [0.3, 0.4) is 0 Å². The number of carbonyl (C=O) groups is 1. The number of amidine groups is 1. The highest BCUT2D eigenvalue weighted by Gasteiger charge is 2.21. The number of rotatable bonds is 5. The average Bonchev–Trinajstić information content (AvgIpc) is 3.51. The maximum atomic E-state index is 13.4. The molecule has 1 aromatic heterocycles. The normalized spacial score (nSPS) is 15.2. The van der Waals surface area contributed by atoms with Crippen molar-refractivity contribution >= 4 is 29.9 Å². The number of nitrogens with one attached hydrogen (secondary N) is 2. The summed E-state index contributed by atoms with van der Waals surface area (Å²) in [5, 5.41) is 3.37. The molecular weight excluding hydrogens is 452 g/mol. The van der Waals surface area contributed by atoms with Crippen LogP contribution in [-0.2, 0) is 16.2 Å². The Labute approximate surface area is 199 Å². The van der Waals surface area contributed by atoms with Crippen LogP contribution in [0.4, 0.5) is 5.69 Å². The van der Waals surface area contributed by atoms with Gasteiger partial charge in [0.1, 0.15) is 17.5 Å². The molecule has 0 saturated heterocycles. The number of aliphatic imine (C=N–C) groups is 1. The first kappa shape index (κ1) is 22.1. The van der Waals surface area contributed by atoms with E-state index >= 15 is 0 Å². The van der Waals surface area contributed by atoms with Crippen LogP contribution in [-0.4, -0.2) is 30.2 Å². The summed E-state index contributed by atoms with van der Waals surface area (Å²) in [6.07, 6.45) is 0. The van der Waals surface area contributed by atoms with Crippen molar-refractivity contribution in [2.75, 3.05) is 19.2 Å². The van der Waals surface area contributed by atoms with Crippen LogP contribution in [0.25, 0.3) is 12.5 Å². The SMILES string of the molecule is C=c1cc(C)n(CC(=O)Nc2cccc(OC)c2)c(=O)c1=C1N=C(c2ccc3c(c2)OCO3)NO1. The van der Waals surface area contributed by atoms with Gasteiger partial charge in [-0.15, -0.1) is 0 Å². The largest absolute Gasteiger partial charge is 0.497 e. The first-order valence-corrected chi connectivity index (χ1v) is 10.7. The summed E-state index contributed by atoms with van der Waals surface area (Å²) >= 11 is 0. The second-order valence-corrected chi connectivity index (χ2v) is 7.90. The second-order valence-electron chi connectivity index (χ2n) is 7.90. The van der Waals surface area contributed by atoms with Crippen molar-refractivity contribution in [3.05, 3.63) is 80.6 Å². The third-order valence-electron chi connectivity index (χ3n) is 5.56. The average molecular weight is 474 g/mol. The minimum absolute atomic E-state index is 0.0645. The Morgan fingerprint density at radius 3 is 2.86 bits per heavy atom. The number of amides is 1. The third-order valence-corrected chi connectivity index (χ3v) is 5.56. The Hall–Kier alpha value is -4.73. The van der Waals surface area contributed by atoms with Crippen LogP contribution in [0.2, 0.25) is 0 Å². The van der Waals surface area contributed by atoms with Crippen molar-refractivity contribution in [2.45, 2.75) is 13.5 Å². The van der Waals surface area contributed by atoms with Crippen molar-refractivity contribution < 1.29 is 23.8 Å². The highest BCUT2D eigenvalue weighted by atomic mass is 16.7. The molecule has 0 saturated carbocycles. The summed E-state index contributed by atoms with van der Waals surface area (Å²) in [5.74, 6) is 1.95. The number of benzene rings is 2. The summed E-state index contributed by atoms with van der Waals surface area (Å²) in [4.78, 5) is 36.1. The van der Waals surface area contributed by atoms with Crippen LogP contribution in [0.5, 0.6) is 17.2 Å². The molecule has 0 fully saturated rings. The molecule has 0 unspecified atom stereocenters. The molecular formula is C25H22N4O6. The number of methoxy groups -OCH3 is 1. The number of anilines is 1. The maximum absolute atomic E-state index is 13.4. The van der Waals surface area contributed by atoms with E-state index in [0.717, 1.165) is 0 Å². The van der Waals surface area contributed by atoms with Gasteiger partial charge in [0.2, 0.25) is 12.7 Å². The Kier molecular flexibility index (Phi) is 5.61. The van der Waals surface area contributed by atoms with E-state index in [0.29, 0.717) is 45.2 Å². The van der Waals surface area contributed by atoms with Gasteiger partial charge in [0.25, 0.3) is 11.4 Å². The molecule has 1 amide bonds. The standard InChI is InChI=1S/C25H22N4O6/c1-14-9-15(2)29(12-21(30)26-17-5-4-6-18(11-17)32-3)25(31)22(14)24-27-23(28-35-24)16-7-8-19-20(10-16)34-13-33-19/h4-11H,1,12-13H2,2-3H3,(H,26,30)(H,27,28). The van der Waals surface area contributed by atoms with Crippen molar-refractivity contribution in [3.63, 3.8) is 0 Å². The van der Waals surface area contributed by atoms with E-state index in [2.05, 4.69) is 22.4 Å². The Morgan fingerprint density at radius 1 is 1.20 bits per heavy atom. The third kappa shape index (κ3) is 4.29. The predicted octanol–water partition coefficient (Wildman–Crippen LogP) is 0.990. The van der Waals surface area contributed by atoms with Gasteiger partial charge in [0.05, 0.1) is 7.11 Å². The van der Waals surface area contributed by atoms with Gasteiger partial charge < -0.3 is 28.9 Å². The number of ether oxygens (including phenoxy) is 3. The number of aryl methyl sites for hydroxylation is 1. The van der Waals surface area contributed by atoms with E-state index in [1.54, 1.807) is 62.6 Å². The fourth-order valence-electron chi connectivity index (χ4n) is 3.82. The highest BCUT2D eigenvalue weighted by molar-refractivity contribution is 6.02. The molecule has 0 radical (unpaired) electrons. The summed E-state index contributed by atoms with van der Waals surface area (Å²) in [7, 11) is 1.55. The van der Waals surface area contributed by atoms with E-state index in [4.69, 9.17) is 19.0 Å². The summed E-state index contributed by atoms with van der Waals surface area (Å²) in [5.41, 5.74) is 4.13. The van der Waals surface area contributed by atoms with E-state index < -0.39 is 5.56 Å². The van der Waals surface area contributed by atoms with Gasteiger partial charge >= 0.3 is 0 Å². The lowest BCUT2D eigenvalue weighted by atomic mass is 10.2. The molecule has 0 atom stereocenters. The van der Waals surface area contributed by atoms with Gasteiger partial charge in [-0.05, 0) is 48.5 Å². The maximum Gasteiger partial charge on any atom is 0.264 e. The van der Waals surface area contributed by atoms with Crippen molar-refractivity contribution in [3.8, 4) is 17.2 Å². The molecule has 35 heavy (non-hydrogen) atoms. The first-order valence-electron chi connectivity index (χ1n) is 10.7. The number of hydrogen-bond donors (Lipinski definition) is 2. The Bertz CT molecular complexity index is 1540. The van der Waals surface area contributed by atoms with Gasteiger partial charge in [-0.2, -0.15) is 4.99 Å². The highest BCUT2D eigenvalue weighted by Crippen LogP contribution is 2.32. The van der Waals surface area contributed by atoms with Gasteiger partial charge in [0, 0.05) is 23.0 Å². The summed E-state index contributed by atoms with van der Waals surface area (Å²) in [6, 6.07) is 14.0. The molecule has 5 rings (SSSR count). The van der Waals surface area contributed by atoms with Crippen LogP contribution in [0.1, 0.15) is 11.3 Å². The number of carbonyl (C=O) groups excluding carboxylic acids is 1. The van der Waals surface area contributed by atoms with E-state index in [9.17, 15) is 9.59 Å². The van der Waals surface area contributed by atoms with Gasteiger partial charge in [-0.25, -0.2) is 5.48 Å². The van der Waals surface area contributed by atoms with E-state index in [1.165, 1.54) is 4.57 Å². The zero-order valence-electron chi connectivity index (χ0n) is 19.1. The Morgan fingerprint density at radius 2 is 2.03 bits per heavy atom. The number of aromatic nitrogens is 1. The smallest absolute Gasteiger partial charge is 0.264 e. The van der Waals surface area contributed by atoms with Crippen molar-refractivity contribution in [2.24, 2.45) is 4.99 Å². The summed E-state index contributed by atoms with van der Waals surface area (Å²) < 4.78 is 17.3. The zero-order valence-corrected chi connectivity index (χ0v) is 19.1. The van der Waals surface area contributed by atoms with Crippen LogP contribution in [0.15, 0.2) is 58.3 Å². The second kappa shape index (κ2) is 8.90. The molecule has 10 heteroatoms. The number of hydroxylamine groups is 1. The number of nitrogens with zero attached hydrogens (tertiary/aromatic N) is 2. The van der Waals surface area contributed by atoms with Gasteiger partial charge in [-0.3, -0.25) is 9.59 Å². The molecule has 10 nitrogen and oxygen atoms in total. The lowest BCUT2D eigenvalue weighted by Crippen LogP contribution is -2.47. The monoisotopic (exact) mass is 474 g/mol. The topological polar surface area (TPSA) is 112 Å². The number of pyridine rings is 1. The fraction of sp³-hybridized carbons (Fsp3) is 0.160. The lowest BCUT2D eigenvalue weighted by molar-refractivity contribution is -0.116. The Balaban J connectivity index is 1.47. The van der Waals surface area contributed by atoms with E-state index in [-0.39, 0.29) is 30.3 Å². The number of fused-ring (bicyclic) bond motifs is 1. The lowest BCUT2D eigenvalue weighted by Gasteiger charge is -2.11. The molecule has 2 N–H and O–H groups in total. The summed E-state index contributed by atoms with van der Waals surface area (Å²) in [6.45, 7) is 5.67. The van der Waals surface area contributed by atoms with Gasteiger partial charge in [0.15, 0.2) is 17.3 Å². The van der Waals surface area contributed by atoms with Gasteiger partial charge in [-0.1, -0.05) is 12.6 Å². The minimum Gasteiger partial charge on any atom is -0.497 e. The van der Waals surface area contributed by atoms with E-state index in [1.807, 2.05) is 0 Å². The minimum atomic E-state index is -0.441. The zero-order chi connectivity index (χ0) is 24.5. The molecule has 178 valence electrons. The molecule has 2 aliphatic heterocycles. The molecule has 2 aromatic carbocycles. The number of hydrogen-bond acceptors (Lipinski definition) is 8. The van der Waals surface area contributed by atoms with Crippen molar-refractivity contribution in [1.82, 2.24) is 10.0 Å². The molecule has 0 bridgehead atoms. The fourth-order valence-corrected chi connectivity index (χ4v) is 3.82.